The molecule has 0 saturated carbocycles. The maximum atomic E-state index is 12.7. The summed E-state index contributed by atoms with van der Waals surface area (Å²) in [6.07, 6.45) is 5.09. The molecule has 0 aromatic carbocycles. The van der Waals surface area contributed by atoms with Crippen LogP contribution in [0.25, 0.3) is 0 Å². The molecule has 7 nitrogen and oxygen atoms in total. The second kappa shape index (κ2) is 8.58. The zero-order valence-electron chi connectivity index (χ0n) is 14.6. The predicted octanol–water partition coefficient (Wildman–Crippen LogP) is 1.48. The van der Waals surface area contributed by atoms with E-state index in [0.717, 1.165) is 64.1 Å². The largest absolute Gasteiger partial charge is 0.378 e. The molecule has 3 heterocycles. The highest BCUT2D eigenvalue weighted by Crippen LogP contribution is 2.21. The van der Waals surface area contributed by atoms with E-state index >= 15 is 0 Å². The number of hydrogen-bond acceptors (Lipinski definition) is 6. The van der Waals surface area contributed by atoms with Crippen LogP contribution in [-0.2, 0) is 22.5 Å². The van der Waals surface area contributed by atoms with Crippen LogP contribution in [0, 0.1) is 5.92 Å². The molecule has 1 atom stereocenters. The topological polar surface area (TPSA) is 71.7 Å². The zero-order valence-corrected chi connectivity index (χ0v) is 14.6. The average molecular weight is 336 g/mol. The first-order chi connectivity index (χ1) is 11.8. The van der Waals surface area contributed by atoms with E-state index in [9.17, 15) is 4.79 Å². The Hall–Kier alpha value is -1.47. The monoisotopic (exact) mass is 336 g/mol. The van der Waals surface area contributed by atoms with Gasteiger partial charge in [0.1, 0.15) is 0 Å². The van der Waals surface area contributed by atoms with Crippen LogP contribution < -0.4 is 0 Å². The minimum atomic E-state index is 0.0827. The first-order valence-corrected chi connectivity index (χ1v) is 9.16. The van der Waals surface area contributed by atoms with Crippen LogP contribution in [0.3, 0.4) is 0 Å². The van der Waals surface area contributed by atoms with E-state index in [1.165, 1.54) is 0 Å². The summed E-state index contributed by atoms with van der Waals surface area (Å²) in [5.41, 5.74) is 0. The van der Waals surface area contributed by atoms with E-state index in [4.69, 9.17) is 9.26 Å². The lowest BCUT2D eigenvalue weighted by molar-refractivity contribution is -0.141. The highest BCUT2D eigenvalue weighted by atomic mass is 16.5. The van der Waals surface area contributed by atoms with Crippen LogP contribution in [0.4, 0.5) is 0 Å². The van der Waals surface area contributed by atoms with Gasteiger partial charge < -0.3 is 14.2 Å². The van der Waals surface area contributed by atoms with Crippen molar-refractivity contribution in [2.75, 3.05) is 39.4 Å². The molecular weight excluding hydrogens is 308 g/mol. The SMILES string of the molecule is CCCCc1noc(CN2CCC[C@@H](C(=O)N3CCOCC3)C2)n1. The molecule has 3 rings (SSSR count). The number of unbranched alkanes of at least 4 members (excludes halogenated alkanes) is 1. The molecule has 2 saturated heterocycles. The van der Waals surface area contributed by atoms with Crippen LogP contribution >= 0.6 is 0 Å². The summed E-state index contributed by atoms with van der Waals surface area (Å²) in [4.78, 5) is 21.4. The molecule has 2 aliphatic rings. The normalized spacial score (nSPS) is 22.7. The molecule has 1 aromatic heterocycles. The zero-order chi connectivity index (χ0) is 16.8. The molecule has 0 spiro atoms. The number of rotatable bonds is 6. The Labute approximate surface area is 143 Å². The molecule has 0 N–H and O–H groups in total. The molecule has 0 bridgehead atoms. The number of likely N-dealkylation sites (tertiary alicyclic amines) is 1. The summed E-state index contributed by atoms with van der Waals surface area (Å²) in [6, 6.07) is 0. The molecule has 1 aromatic rings. The van der Waals surface area contributed by atoms with Crippen LogP contribution in [0.5, 0.6) is 0 Å². The van der Waals surface area contributed by atoms with Gasteiger partial charge in [-0.25, -0.2) is 0 Å². The fourth-order valence-electron chi connectivity index (χ4n) is 3.42. The Bertz CT molecular complexity index is 528. The molecule has 24 heavy (non-hydrogen) atoms. The molecule has 1 amide bonds. The summed E-state index contributed by atoms with van der Waals surface area (Å²) in [7, 11) is 0. The summed E-state index contributed by atoms with van der Waals surface area (Å²) in [5.74, 6) is 1.82. The second-order valence-electron chi connectivity index (χ2n) is 6.72. The van der Waals surface area contributed by atoms with E-state index in [2.05, 4.69) is 22.0 Å². The fourth-order valence-corrected chi connectivity index (χ4v) is 3.42. The summed E-state index contributed by atoms with van der Waals surface area (Å²) in [5, 5.41) is 4.04. The third-order valence-electron chi connectivity index (χ3n) is 4.80. The third-order valence-corrected chi connectivity index (χ3v) is 4.80. The van der Waals surface area contributed by atoms with E-state index in [1.807, 2.05) is 4.90 Å². The number of ether oxygens (including phenoxy) is 1. The van der Waals surface area contributed by atoms with Crippen LogP contribution in [0.2, 0.25) is 0 Å². The van der Waals surface area contributed by atoms with Crippen LogP contribution in [-0.4, -0.2) is 65.2 Å². The summed E-state index contributed by atoms with van der Waals surface area (Å²) >= 11 is 0. The minimum absolute atomic E-state index is 0.0827. The molecule has 2 aliphatic heterocycles. The number of nitrogens with zero attached hydrogens (tertiary/aromatic N) is 4. The predicted molar refractivity (Wildman–Crippen MR) is 88.3 cm³/mol. The highest BCUT2D eigenvalue weighted by Gasteiger charge is 2.30. The lowest BCUT2D eigenvalue weighted by Gasteiger charge is -2.35. The Morgan fingerprint density at radius 1 is 1.29 bits per heavy atom. The van der Waals surface area contributed by atoms with Crippen molar-refractivity contribution in [3.8, 4) is 0 Å². The van der Waals surface area contributed by atoms with Crippen molar-refractivity contribution in [2.24, 2.45) is 5.92 Å². The summed E-state index contributed by atoms with van der Waals surface area (Å²) in [6.45, 7) is 7.32. The van der Waals surface area contributed by atoms with Crippen molar-refractivity contribution in [3.05, 3.63) is 11.7 Å². The first kappa shape index (κ1) is 17.4. The van der Waals surface area contributed by atoms with Crippen molar-refractivity contribution < 1.29 is 14.1 Å². The Morgan fingerprint density at radius 3 is 2.92 bits per heavy atom. The van der Waals surface area contributed by atoms with Gasteiger partial charge in [0.15, 0.2) is 5.82 Å². The summed E-state index contributed by atoms with van der Waals surface area (Å²) < 4.78 is 10.7. The number of piperidine rings is 1. The molecule has 134 valence electrons. The van der Waals surface area contributed by atoms with Gasteiger partial charge in [-0.05, 0) is 25.8 Å². The van der Waals surface area contributed by atoms with E-state index < -0.39 is 0 Å². The molecule has 7 heteroatoms. The van der Waals surface area contributed by atoms with Crippen molar-refractivity contribution in [2.45, 2.75) is 45.6 Å². The van der Waals surface area contributed by atoms with Gasteiger partial charge in [-0.1, -0.05) is 18.5 Å². The number of aromatic nitrogens is 2. The quantitative estimate of drug-likeness (QED) is 0.784. The first-order valence-electron chi connectivity index (χ1n) is 9.16. The smallest absolute Gasteiger partial charge is 0.240 e. The molecule has 0 aliphatic carbocycles. The maximum absolute atomic E-state index is 12.7. The van der Waals surface area contributed by atoms with Crippen LogP contribution in [0.1, 0.15) is 44.3 Å². The number of aryl methyl sites for hydroxylation is 1. The molecular formula is C17H28N4O3. The van der Waals surface area contributed by atoms with Crippen molar-refractivity contribution in [1.29, 1.82) is 0 Å². The Kier molecular flexibility index (Phi) is 6.20. The fraction of sp³-hybridized carbons (Fsp3) is 0.824. The Balaban J connectivity index is 1.51. The van der Waals surface area contributed by atoms with Gasteiger partial charge in [-0.15, -0.1) is 0 Å². The van der Waals surface area contributed by atoms with E-state index in [0.29, 0.717) is 25.6 Å². The molecule has 0 unspecified atom stereocenters. The standard InChI is InChI=1S/C17H28N4O3/c1-2-3-6-15-18-16(24-19-15)13-20-7-4-5-14(12-20)17(22)21-8-10-23-11-9-21/h14H,2-13H2,1H3/t14-/m1/s1. The average Bonchev–Trinajstić information content (AvgIpc) is 3.07. The number of hydrogen-bond donors (Lipinski definition) is 0. The van der Waals surface area contributed by atoms with Gasteiger partial charge >= 0.3 is 0 Å². The number of morpholine rings is 1. The van der Waals surface area contributed by atoms with Gasteiger partial charge in [0.25, 0.3) is 0 Å². The number of carbonyl (C=O) groups excluding carboxylic acids is 1. The van der Waals surface area contributed by atoms with Crippen LogP contribution in [0.15, 0.2) is 4.52 Å². The van der Waals surface area contributed by atoms with Gasteiger partial charge in [0, 0.05) is 26.1 Å². The van der Waals surface area contributed by atoms with Crippen molar-refractivity contribution in [3.63, 3.8) is 0 Å². The number of amides is 1. The van der Waals surface area contributed by atoms with Gasteiger partial charge in [-0.3, -0.25) is 9.69 Å². The van der Waals surface area contributed by atoms with Crippen molar-refractivity contribution >= 4 is 5.91 Å². The Morgan fingerprint density at radius 2 is 2.12 bits per heavy atom. The molecule has 0 radical (unpaired) electrons. The lowest BCUT2D eigenvalue weighted by atomic mass is 9.96. The van der Waals surface area contributed by atoms with Crippen molar-refractivity contribution in [1.82, 2.24) is 19.9 Å². The van der Waals surface area contributed by atoms with E-state index in [1.54, 1.807) is 0 Å². The third kappa shape index (κ3) is 4.54. The molecule has 2 fully saturated rings. The lowest BCUT2D eigenvalue weighted by Crippen LogP contribution is -2.48. The van der Waals surface area contributed by atoms with Gasteiger partial charge in [0.2, 0.25) is 11.8 Å². The number of carbonyl (C=O) groups is 1. The van der Waals surface area contributed by atoms with Gasteiger partial charge in [-0.2, -0.15) is 4.98 Å². The second-order valence-corrected chi connectivity index (χ2v) is 6.72. The van der Waals surface area contributed by atoms with E-state index in [-0.39, 0.29) is 11.8 Å². The van der Waals surface area contributed by atoms with Gasteiger partial charge in [0.05, 0.1) is 25.7 Å². The highest BCUT2D eigenvalue weighted by molar-refractivity contribution is 5.79. The maximum Gasteiger partial charge on any atom is 0.240 e. The minimum Gasteiger partial charge on any atom is -0.378 e.